The highest BCUT2D eigenvalue weighted by Crippen LogP contribution is 2.18. The smallest absolute Gasteiger partial charge is 0.254 e. The minimum atomic E-state index is 0.134. The molecule has 1 aliphatic heterocycles. The molecule has 0 saturated carbocycles. The molecule has 0 aromatic carbocycles. The Balaban J connectivity index is 1.84. The van der Waals surface area contributed by atoms with Crippen LogP contribution < -0.4 is 0 Å². The summed E-state index contributed by atoms with van der Waals surface area (Å²) in [5.74, 6) is 0.872. The van der Waals surface area contributed by atoms with Gasteiger partial charge in [-0.15, -0.1) is 0 Å². The van der Waals surface area contributed by atoms with Crippen molar-refractivity contribution in [1.82, 2.24) is 14.3 Å². The maximum atomic E-state index is 12.4. The van der Waals surface area contributed by atoms with Gasteiger partial charge in [0.05, 0.1) is 5.69 Å². The first-order valence-corrected chi connectivity index (χ1v) is 6.88. The molecule has 3 heterocycles. The van der Waals surface area contributed by atoms with Gasteiger partial charge in [-0.05, 0) is 37.8 Å². The predicted molar refractivity (Wildman–Crippen MR) is 74.2 cm³/mol. The van der Waals surface area contributed by atoms with Crippen LogP contribution in [0.1, 0.15) is 35.8 Å². The summed E-state index contributed by atoms with van der Waals surface area (Å²) in [7, 11) is 0. The zero-order valence-electron chi connectivity index (χ0n) is 11.5. The van der Waals surface area contributed by atoms with Gasteiger partial charge in [-0.25, -0.2) is 4.98 Å². The molecular weight excluding hydrogens is 238 g/mol. The Kier molecular flexibility index (Phi) is 3.01. The highest BCUT2D eigenvalue weighted by Gasteiger charge is 2.21. The molecule has 0 unspecified atom stereocenters. The average Bonchev–Trinajstić information content (AvgIpc) is 2.77. The first-order chi connectivity index (χ1) is 9.13. The molecule has 4 nitrogen and oxygen atoms in total. The predicted octanol–water partition coefficient (Wildman–Crippen LogP) is 2.51. The number of likely N-dealkylation sites (tertiary alicyclic amines) is 1. The number of hydrogen-bond acceptors (Lipinski definition) is 2. The number of rotatable bonds is 1. The number of aryl methyl sites for hydroxylation is 1. The van der Waals surface area contributed by atoms with Crippen LogP contribution in [0, 0.1) is 12.8 Å². The quantitative estimate of drug-likeness (QED) is 0.787. The lowest BCUT2D eigenvalue weighted by atomic mass is 9.99. The lowest BCUT2D eigenvalue weighted by Crippen LogP contribution is -2.37. The van der Waals surface area contributed by atoms with Crippen LogP contribution in [-0.4, -0.2) is 33.3 Å². The van der Waals surface area contributed by atoms with Gasteiger partial charge in [0.25, 0.3) is 5.91 Å². The summed E-state index contributed by atoms with van der Waals surface area (Å²) in [5.41, 5.74) is 2.55. The van der Waals surface area contributed by atoms with E-state index in [1.165, 1.54) is 0 Å². The van der Waals surface area contributed by atoms with Gasteiger partial charge in [0.15, 0.2) is 0 Å². The molecule has 0 aliphatic carbocycles. The number of fused-ring (bicyclic) bond motifs is 1. The average molecular weight is 257 g/mol. The van der Waals surface area contributed by atoms with Crippen LogP contribution in [0.3, 0.4) is 0 Å². The van der Waals surface area contributed by atoms with Gasteiger partial charge < -0.3 is 9.30 Å². The molecule has 19 heavy (non-hydrogen) atoms. The van der Waals surface area contributed by atoms with E-state index >= 15 is 0 Å². The lowest BCUT2D eigenvalue weighted by Gasteiger charge is -2.30. The van der Waals surface area contributed by atoms with Gasteiger partial charge in [0.1, 0.15) is 5.65 Å². The summed E-state index contributed by atoms with van der Waals surface area (Å²) in [6.45, 7) is 5.96. The van der Waals surface area contributed by atoms with E-state index in [1.54, 1.807) is 0 Å². The third-order valence-corrected chi connectivity index (χ3v) is 3.90. The van der Waals surface area contributed by atoms with Crippen molar-refractivity contribution in [2.45, 2.75) is 26.7 Å². The molecule has 1 aliphatic rings. The van der Waals surface area contributed by atoms with Crippen LogP contribution in [0.2, 0.25) is 0 Å². The third-order valence-electron chi connectivity index (χ3n) is 3.90. The number of piperidine rings is 1. The SMILES string of the molecule is Cc1cn2ccc(C(=O)N3CCC(C)CC3)cc2n1. The number of hydrogen-bond donors (Lipinski definition) is 0. The maximum absolute atomic E-state index is 12.4. The fourth-order valence-electron chi connectivity index (χ4n) is 2.64. The summed E-state index contributed by atoms with van der Waals surface area (Å²) in [4.78, 5) is 18.8. The molecule has 0 bridgehead atoms. The van der Waals surface area contributed by atoms with Crippen LogP contribution >= 0.6 is 0 Å². The van der Waals surface area contributed by atoms with Crippen LogP contribution in [0.25, 0.3) is 5.65 Å². The van der Waals surface area contributed by atoms with Crippen molar-refractivity contribution in [3.8, 4) is 0 Å². The first-order valence-electron chi connectivity index (χ1n) is 6.88. The standard InChI is InChI=1S/C15H19N3O/c1-11-3-6-17(7-4-11)15(19)13-5-8-18-10-12(2)16-14(18)9-13/h5,8-11H,3-4,6-7H2,1-2H3. The zero-order chi connectivity index (χ0) is 13.4. The number of carbonyl (C=O) groups is 1. The Morgan fingerprint density at radius 2 is 2.11 bits per heavy atom. The summed E-state index contributed by atoms with van der Waals surface area (Å²) >= 11 is 0. The van der Waals surface area contributed by atoms with E-state index in [0.717, 1.165) is 48.8 Å². The maximum Gasteiger partial charge on any atom is 0.254 e. The largest absolute Gasteiger partial charge is 0.339 e. The molecular formula is C15H19N3O. The Morgan fingerprint density at radius 3 is 2.84 bits per heavy atom. The lowest BCUT2D eigenvalue weighted by molar-refractivity contribution is 0.0697. The topological polar surface area (TPSA) is 37.6 Å². The van der Waals surface area contributed by atoms with E-state index in [-0.39, 0.29) is 5.91 Å². The second-order valence-electron chi connectivity index (χ2n) is 5.54. The fourth-order valence-corrected chi connectivity index (χ4v) is 2.64. The summed E-state index contributed by atoms with van der Waals surface area (Å²) in [6, 6.07) is 3.77. The highest BCUT2D eigenvalue weighted by molar-refractivity contribution is 5.95. The van der Waals surface area contributed by atoms with Crippen molar-refractivity contribution in [3.05, 3.63) is 35.8 Å². The Bertz CT molecular complexity index is 609. The number of nitrogens with zero attached hydrogens (tertiary/aromatic N) is 3. The van der Waals surface area contributed by atoms with Crippen LogP contribution in [0.4, 0.5) is 0 Å². The number of amides is 1. The van der Waals surface area contributed by atoms with Crippen molar-refractivity contribution < 1.29 is 4.79 Å². The van der Waals surface area contributed by atoms with Crippen molar-refractivity contribution >= 4 is 11.6 Å². The number of imidazole rings is 1. The molecule has 2 aromatic rings. The molecule has 1 amide bonds. The van der Waals surface area contributed by atoms with Gasteiger partial charge >= 0.3 is 0 Å². The molecule has 100 valence electrons. The second-order valence-corrected chi connectivity index (χ2v) is 5.54. The minimum absolute atomic E-state index is 0.134. The van der Waals surface area contributed by atoms with E-state index in [0.29, 0.717) is 0 Å². The molecule has 0 atom stereocenters. The van der Waals surface area contributed by atoms with E-state index in [4.69, 9.17) is 0 Å². The van der Waals surface area contributed by atoms with Crippen molar-refractivity contribution in [2.75, 3.05) is 13.1 Å². The molecule has 1 saturated heterocycles. The molecule has 4 heteroatoms. The van der Waals surface area contributed by atoms with Crippen molar-refractivity contribution in [2.24, 2.45) is 5.92 Å². The van der Waals surface area contributed by atoms with Gasteiger partial charge in [-0.2, -0.15) is 0 Å². The third kappa shape index (κ3) is 2.35. The number of pyridine rings is 1. The molecule has 0 radical (unpaired) electrons. The Hall–Kier alpha value is -1.84. The van der Waals surface area contributed by atoms with Gasteiger partial charge in [0, 0.05) is 31.0 Å². The summed E-state index contributed by atoms with van der Waals surface area (Å²) < 4.78 is 1.95. The fraction of sp³-hybridized carbons (Fsp3) is 0.467. The van der Waals surface area contributed by atoms with Gasteiger partial charge in [-0.3, -0.25) is 4.79 Å². The van der Waals surface area contributed by atoms with Crippen LogP contribution in [0.15, 0.2) is 24.5 Å². The highest BCUT2D eigenvalue weighted by atomic mass is 16.2. The van der Waals surface area contributed by atoms with Crippen molar-refractivity contribution in [3.63, 3.8) is 0 Å². The molecule has 3 rings (SSSR count). The van der Waals surface area contributed by atoms with Crippen molar-refractivity contribution in [1.29, 1.82) is 0 Å². The van der Waals surface area contributed by atoms with Gasteiger partial charge in [-0.1, -0.05) is 6.92 Å². The second kappa shape index (κ2) is 4.68. The monoisotopic (exact) mass is 257 g/mol. The molecule has 1 fully saturated rings. The van der Waals surface area contributed by atoms with Crippen LogP contribution in [-0.2, 0) is 0 Å². The van der Waals surface area contributed by atoms with E-state index < -0.39 is 0 Å². The van der Waals surface area contributed by atoms with Gasteiger partial charge in [0.2, 0.25) is 0 Å². The number of carbonyl (C=O) groups excluding carboxylic acids is 1. The van der Waals surface area contributed by atoms with E-state index in [1.807, 2.05) is 40.8 Å². The summed E-state index contributed by atoms with van der Waals surface area (Å²) in [5, 5.41) is 0. The number of aromatic nitrogens is 2. The zero-order valence-corrected chi connectivity index (χ0v) is 11.5. The summed E-state index contributed by atoms with van der Waals surface area (Å²) in [6.07, 6.45) is 6.09. The Morgan fingerprint density at radius 1 is 1.37 bits per heavy atom. The molecule has 2 aromatic heterocycles. The Labute approximate surface area is 113 Å². The van der Waals surface area contributed by atoms with E-state index in [9.17, 15) is 4.79 Å². The minimum Gasteiger partial charge on any atom is -0.339 e. The molecule has 0 spiro atoms. The normalized spacial score (nSPS) is 17.1. The van der Waals surface area contributed by atoms with E-state index in [2.05, 4.69) is 11.9 Å². The molecule has 0 N–H and O–H groups in total. The van der Waals surface area contributed by atoms with Crippen LogP contribution in [0.5, 0.6) is 0 Å². The first kappa shape index (κ1) is 12.2.